The van der Waals surface area contributed by atoms with E-state index >= 15 is 0 Å². The maximum absolute atomic E-state index is 2.37. The van der Waals surface area contributed by atoms with Gasteiger partial charge < -0.3 is 0 Å². The molecule has 56 valence electrons. The van der Waals surface area contributed by atoms with E-state index in [1.807, 2.05) is 0 Å². The van der Waals surface area contributed by atoms with Crippen molar-refractivity contribution < 1.29 is 0 Å². The summed E-state index contributed by atoms with van der Waals surface area (Å²) in [6, 6.07) is 0. The molecule has 2 heteroatoms. The normalized spacial score (nSPS) is 22.0. The van der Waals surface area contributed by atoms with Gasteiger partial charge in [-0.2, -0.15) is 0 Å². The molecule has 10 heavy (non-hydrogen) atoms. The zero-order chi connectivity index (χ0) is 7.40. The third-order valence-corrected chi connectivity index (χ3v) is 6.79. The van der Waals surface area contributed by atoms with Gasteiger partial charge in [0.2, 0.25) is 0 Å². The molecule has 0 nitrogen and oxygen atoms in total. The predicted molar refractivity (Wildman–Crippen MR) is 53.3 cm³/mol. The van der Waals surface area contributed by atoms with Gasteiger partial charge in [-0.15, -0.1) is 0 Å². The van der Waals surface area contributed by atoms with Crippen molar-refractivity contribution in [3.63, 3.8) is 0 Å². The summed E-state index contributed by atoms with van der Waals surface area (Å²) in [5.41, 5.74) is 0. The van der Waals surface area contributed by atoms with Crippen LogP contribution in [0.15, 0.2) is 23.0 Å². The summed E-state index contributed by atoms with van der Waals surface area (Å²) in [6.45, 7) is 2.30. The average Bonchev–Trinajstić information content (AvgIpc) is 2.40. The zero-order valence-corrected chi connectivity index (χ0v) is 10.5. The molecule has 1 aliphatic heterocycles. The van der Waals surface area contributed by atoms with E-state index < -0.39 is 0 Å². The van der Waals surface area contributed by atoms with Gasteiger partial charge in [-0.1, -0.05) is 0 Å². The van der Waals surface area contributed by atoms with Gasteiger partial charge >= 0.3 is 79.4 Å². The Morgan fingerprint density at radius 3 is 2.50 bits per heavy atom. The number of rotatable bonds is 3. The molecule has 0 aromatic carbocycles. The summed E-state index contributed by atoms with van der Waals surface area (Å²) < 4.78 is 1.03. The minimum absolute atomic E-state index is 0.181. The summed E-state index contributed by atoms with van der Waals surface area (Å²) in [7, 11) is 0.181. The Kier molecular flexibility index (Phi) is 3.92. The SMILES string of the molecule is CC[CH]([SnH])C[SH]1C=CC=C1. The first-order valence-electron chi connectivity index (χ1n) is 3.69. The Labute approximate surface area is 79.2 Å². The molecule has 0 aromatic rings. The fourth-order valence-electron chi connectivity index (χ4n) is 0.892. The van der Waals surface area contributed by atoms with Crippen molar-refractivity contribution in [2.24, 2.45) is 0 Å². The second-order valence-electron chi connectivity index (χ2n) is 2.55. The Morgan fingerprint density at radius 2 is 2.00 bits per heavy atom. The Hall–Kier alpha value is 0.629. The number of allylic oxidation sites excluding steroid dienone is 2. The molecule has 0 N–H and O–H groups in total. The first-order valence-corrected chi connectivity index (χ1v) is 7.26. The standard InChI is InChI=1S/C8H13S.Sn.H/c1-2-3-6-9-7-4-5-8-9;;/h3-5,7-9H,2,6H2,1H3;;. The van der Waals surface area contributed by atoms with Crippen molar-refractivity contribution in [3.05, 3.63) is 23.0 Å². The van der Waals surface area contributed by atoms with E-state index in [2.05, 4.69) is 29.9 Å². The molecule has 0 aliphatic carbocycles. The van der Waals surface area contributed by atoms with Gasteiger partial charge in [-0.05, 0) is 0 Å². The van der Waals surface area contributed by atoms with Crippen LogP contribution in [0.3, 0.4) is 0 Å². The fraction of sp³-hybridized carbons (Fsp3) is 0.500. The van der Waals surface area contributed by atoms with Crippen molar-refractivity contribution >= 4 is 33.4 Å². The van der Waals surface area contributed by atoms with Gasteiger partial charge in [0.1, 0.15) is 0 Å². The molecule has 2 radical (unpaired) electrons. The molecule has 0 saturated heterocycles. The average molecular weight is 261 g/mol. The number of hydrogen-bond donors (Lipinski definition) is 1. The summed E-state index contributed by atoms with van der Waals surface area (Å²) >= 11 is 1.43. The topological polar surface area (TPSA) is 0 Å². The molecule has 0 fully saturated rings. The van der Waals surface area contributed by atoms with Crippen molar-refractivity contribution in [1.82, 2.24) is 0 Å². The monoisotopic (exact) mass is 262 g/mol. The quantitative estimate of drug-likeness (QED) is 0.584. The van der Waals surface area contributed by atoms with Crippen molar-refractivity contribution in [2.45, 2.75) is 17.3 Å². The van der Waals surface area contributed by atoms with E-state index in [-0.39, 0.29) is 10.9 Å². The molecule has 0 bridgehead atoms. The second-order valence-corrected chi connectivity index (χ2v) is 7.23. The van der Waals surface area contributed by atoms with Gasteiger partial charge in [0.05, 0.1) is 0 Å². The molecule has 0 saturated carbocycles. The predicted octanol–water partition coefficient (Wildman–Crippen LogP) is 2.13. The van der Waals surface area contributed by atoms with Gasteiger partial charge in [0.15, 0.2) is 0 Å². The van der Waals surface area contributed by atoms with E-state index in [0.29, 0.717) is 0 Å². The molecule has 1 aliphatic rings. The van der Waals surface area contributed by atoms with Gasteiger partial charge in [-0.25, -0.2) is 0 Å². The molecular formula is C8H14SSn. The Morgan fingerprint density at radius 1 is 1.40 bits per heavy atom. The van der Waals surface area contributed by atoms with Gasteiger partial charge in [0.25, 0.3) is 0 Å². The first-order chi connectivity index (χ1) is 4.83. The molecule has 0 spiro atoms. The summed E-state index contributed by atoms with van der Waals surface area (Å²) in [5.74, 6) is 1.45. The van der Waals surface area contributed by atoms with E-state index in [1.165, 1.54) is 34.7 Å². The van der Waals surface area contributed by atoms with Crippen LogP contribution in [0.1, 0.15) is 13.3 Å². The Bertz CT molecular complexity index is 139. The van der Waals surface area contributed by atoms with Crippen molar-refractivity contribution in [3.8, 4) is 0 Å². The van der Waals surface area contributed by atoms with Crippen LogP contribution >= 0.6 is 10.9 Å². The van der Waals surface area contributed by atoms with E-state index in [4.69, 9.17) is 0 Å². The molecular weight excluding hydrogens is 247 g/mol. The zero-order valence-electron chi connectivity index (χ0n) is 6.33. The maximum atomic E-state index is 2.37. The Balaban J connectivity index is 2.25. The fourth-order valence-corrected chi connectivity index (χ4v) is 4.76. The van der Waals surface area contributed by atoms with Crippen LogP contribution in [-0.4, -0.2) is 28.3 Å². The van der Waals surface area contributed by atoms with E-state index in [1.54, 1.807) is 0 Å². The summed E-state index contributed by atoms with van der Waals surface area (Å²) in [4.78, 5) is 0. The molecule has 1 rings (SSSR count). The summed E-state index contributed by atoms with van der Waals surface area (Å²) in [6.07, 6.45) is 5.76. The van der Waals surface area contributed by atoms with Crippen LogP contribution in [0.2, 0.25) is 3.93 Å². The number of hydrogen-bond acceptors (Lipinski definition) is 0. The molecule has 1 unspecified atom stereocenters. The third kappa shape index (κ3) is 2.70. The van der Waals surface area contributed by atoms with Crippen LogP contribution in [-0.2, 0) is 0 Å². The van der Waals surface area contributed by atoms with E-state index in [0.717, 1.165) is 3.93 Å². The van der Waals surface area contributed by atoms with Crippen molar-refractivity contribution in [1.29, 1.82) is 0 Å². The third-order valence-electron chi connectivity index (χ3n) is 1.64. The molecule has 1 atom stereocenters. The first kappa shape index (κ1) is 8.72. The van der Waals surface area contributed by atoms with Crippen LogP contribution in [0.25, 0.3) is 0 Å². The minimum atomic E-state index is 0.181. The van der Waals surface area contributed by atoms with Crippen molar-refractivity contribution in [2.75, 3.05) is 5.75 Å². The van der Waals surface area contributed by atoms with Gasteiger partial charge in [-0.3, -0.25) is 0 Å². The molecule has 0 aromatic heterocycles. The summed E-state index contributed by atoms with van der Waals surface area (Å²) in [5, 5.41) is 4.74. The second kappa shape index (κ2) is 4.50. The molecule has 0 amide bonds. The van der Waals surface area contributed by atoms with E-state index in [9.17, 15) is 0 Å². The van der Waals surface area contributed by atoms with Crippen LogP contribution < -0.4 is 0 Å². The number of thiol groups is 1. The molecule has 1 heterocycles. The van der Waals surface area contributed by atoms with Crippen LogP contribution in [0, 0.1) is 0 Å². The van der Waals surface area contributed by atoms with Gasteiger partial charge in [0, 0.05) is 0 Å². The van der Waals surface area contributed by atoms with Crippen LogP contribution in [0.5, 0.6) is 0 Å². The van der Waals surface area contributed by atoms with Crippen LogP contribution in [0.4, 0.5) is 0 Å².